The molecule has 0 aliphatic heterocycles. The standard InChI is InChI=1S/C64H46N4/c65-59(49-30-28-48(29-31-49)46-16-6-2-7-17-46)42-60(66-43-44-24-26-47(27-25-44)45-14-4-1-5-15-45)50-32-36-54(37-33-50)68-62-23-13-11-21-56(62)58-41-52(35-39-64(58)68)51-34-38-63-57(40-51)55-20-10-12-22-61(55)67(63)53-18-8-3-9-19-53/h1-42H,43,65H2/b59-42-,66-60+. The lowest BCUT2D eigenvalue weighted by molar-refractivity contribution is 1.07. The van der Waals surface area contributed by atoms with Gasteiger partial charge in [0.25, 0.3) is 0 Å². The molecule has 0 aliphatic carbocycles. The molecule has 10 aromatic carbocycles. The number of hydrogen-bond acceptors (Lipinski definition) is 2. The van der Waals surface area contributed by atoms with Gasteiger partial charge in [0, 0.05) is 38.6 Å². The van der Waals surface area contributed by atoms with E-state index in [4.69, 9.17) is 10.7 Å². The molecule has 0 bridgehead atoms. The van der Waals surface area contributed by atoms with Crippen molar-refractivity contribution < 1.29 is 0 Å². The van der Waals surface area contributed by atoms with E-state index in [0.717, 1.165) is 50.4 Å². The molecule has 68 heavy (non-hydrogen) atoms. The summed E-state index contributed by atoms with van der Waals surface area (Å²) in [7, 11) is 0. The van der Waals surface area contributed by atoms with Gasteiger partial charge < -0.3 is 14.9 Å². The average Bonchev–Trinajstić information content (AvgIpc) is 3.93. The van der Waals surface area contributed by atoms with Crippen molar-refractivity contribution in [2.24, 2.45) is 10.7 Å². The van der Waals surface area contributed by atoms with Crippen LogP contribution in [0.1, 0.15) is 16.7 Å². The van der Waals surface area contributed by atoms with Crippen molar-refractivity contribution in [3.05, 3.63) is 271 Å². The van der Waals surface area contributed by atoms with E-state index in [-0.39, 0.29) is 0 Å². The van der Waals surface area contributed by atoms with Crippen LogP contribution in [0.5, 0.6) is 0 Å². The zero-order valence-corrected chi connectivity index (χ0v) is 37.4. The van der Waals surface area contributed by atoms with Crippen LogP contribution in [-0.2, 0) is 6.54 Å². The number of rotatable bonds is 10. The molecule has 2 aromatic heterocycles. The number of para-hydroxylation sites is 3. The number of allylic oxidation sites excluding steroid dienone is 1. The van der Waals surface area contributed by atoms with Crippen molar-refractivity contribution >= 4 is 55.0 Å². The normalized spacial score (nSPS) is 12.1. The van der Waals surface area contributed by atoms with Gasteiger partial charge in [0.2, 0.25) is 0 Å². The summed E-state index contributed by atoms with van der Waals surface area (Å²) >= 11 is 0. The molecular formula is C64H46N4. The lowest BCUT2D eigenvalue weighted by atomic mass is 10.0. The largest absolute Gasteiger partial charge is 0.398 e. The van der Waals surface area contributed by atoms with Crippen molar-refractivity contribution in [1.82, 2.24) is 9.13 Å². The molecule has 322 valence electrons. The van der Waals surface area contributed by atoms with Gasteiger partial charge >= 0.3 is 0 Å². The molecular weight excluding hydrogens is 825 g/mol. The zero-order valence-electron chi connectivity index (χ0n) is 37.4. The summed E-state index contributed by atoms with van der Waals surface area (Å²) in [5.74, 6) is 0. The summed E-state index contributed by atoms with van der Waals surface area (Å²) in [5.41, 5.74) is 25.5. The van der Waals surface area contributed by atoms with Crippen molar-refractivity contribution in [2.45, 2.75) is 6.54 Å². The Morgan fingerprint density at radius 3 is 1.28 bits per heavy atom. The van der Waals surface area contributed by atoms with Crippen molar-refractivity contribution in [2.75, 3.05) is 0 Å². The first-order chi connectivity index (χ1) is 33.6. The molecule has 2 heterocycles. The number of nitrogens with zero attached hydrogens (tertiary/aromatic N) is 3. The summed E-state index contributed by atoms with van der Waals surface area (Å²) in [6, 6.07) is 88.6. The topological polar surface area (TPSA) is 48.2 Å². The highest BCUT2D eigenvalue weighted by molar-refractivity contribution is 6.14. The first-order valence-corrected chi connectivity index (χ1v) is 23.2. The lowest BCUT2D eigenvalue weighted by Crippen LogP contribution is -2.05. The fourth-order valence-corrected chi connectivity index (χ4v) is 9.77. The van der Waals surface area contributed by atoms with Crippen LogP contribution in [0.3, 0.4) is 0 Å². The third kappa shape index (κ3) is 7.54. The Balaban J connectivity index is 0.901. The predicted octanol–water partition coefficient (Wildman–Crippen LogP) is 15.9. The Hall–Kier alpha value is -8.99. The van der Waals surface area contributed by atoms with Crippen LogP contribution in [-0.4, -0.2) is 14.8 Å². The van der Waals surface area contributed by atoms with Gasteiger partial charge in [-0.3, -0.25) is 4.99 Å². The Morgan fingerprint density at radius 1 is 0.353 bits per heavy atom. The van der Waals surface area contributed by atoms with Crippen molar-refractivity contribution in [3.8, 4) is 44.8 Å². The highest BCUT2D eigenvalue weighted by atomic mass is 15.0. The summed E-state index contributed by atoms with van der Waals surface area (Å²) in [4.78, 5) is 5.23. The van der Waals surface area contributed by atoms with E-state index in [0.29, 0.717) is 12.2 Å². The third-order valence-electron chi connectivity index (χ3n) is 13.2. The molecule has 0 atom stereocenters. The molecule has 2 N–H and O–H groups in total. The molecule has 12 rings (SSSR count). The van der Waals surface area contributed by atoms with Gasteiger partial charge in [0.05, 0.1) is 34.3 Å². The molecule has 0 spiro atoms. The molecule has 0 fully saturated rings. The minimum Gasteiger partial charge on any atom is -0.398 e. The summed E-state index contributed by atoms with van der Waals surface area (Å²) < 4.78 is 4.74. The Kier molecular flexibility index (Phi) is 10.4. The molecule has 4 heteroatoms. The summed E-state index contributed by atoms with van der Waals surface area (Å²) in [6.45, 7) is 0.514. The molecule has 0 saturated heterocycles. The number of benzene rings is 10. The number of nitrogens with two attached hydrogens (primary N) is 1. The van der Waals surface area contributed by atoms with Gasteiger partial charge in [-0.25, -0.2) is 0 Å². The van der Waals surface area contributed by atoms with E-state index in [9.17, 15) is 0 Å². The predicted molar refractivity (Wildman–Crippen MR) is 287 cm³/mol. The highest BCUT2D eigenvalue weighted by Crippen LogP contribution is 2.38. The van der Waals surface area contributed by atoms with Crippen molar-refractivity contribution in [3.63, 3.8) is 0 Å². The second-order valence-electron chi connectivity index (χ2n) is 17.4. The molecule has 0 unspecified atom stereocenters. The third-order valence-corrected chi connectivity index (χ3v) is 13.2. The quantitative estimate of drug-likeness (QED) is 0.137. The Labute approximate surface area is 395 Å². The maximum atomic E-state index is 6.91. The molecule has 0 amide bonds. The van der Waals surface area contributed by atoms with Crippen LogP contribution in [0.4, 0.5) is 0 Å². The smallest absolute Gasteiger partial charge is 0.0671 e. The highest BCUT2D eigenvalue weighted by Gasteiger charge is 2.17. The van der Waals surface area contributed by atoms with E-state index < -0.39 is 0 Å². The molecule has 12 aromatic rings. The maximum absolute atomic E-state index is 6.91. The van der Waals surface area contributed by atoms with E-state index in [1.165, 1.54) is 60.4 Å². The lowest BCUT2D eigenvalue weighted by Gasteiger charge is -2.11. The number of hydrogen-bond donors (Lipinski definition) is 1. The fourth-order valence-electron chi connectivity index (χ4n) is 9.77. The molecule has 0 saturated carbocycles. The minimum atomic E-state index is 0.514. The van der Waals surface area contributed by atoms with E-state index in [1.807, 2.05) is 18.2 Å². The van der Waals surface area contributed by atoms with E-state index in [1.54, 1.807) is 0 Å². The number of aromatic nitrogens is 2. The Bertz CT molecular complexity index is 3820. The minimum absolute atomic E-state index is 0.514. The first kappa shape index (κ1) is 40.5. The van der Waals surface area contributed by atoms with Gasteiger partial charge in [-0.1, -0.05) is 188 Å². The van der Waals surface area contributed by atoms with E-state index >= 15 is 0 Å². The average molecular weight is 871 g/mol. The molecule has 0 aliphatic rings. The van der Waals surface area contributed by atoms with Crippen LogP contribution < -0.4 is 5.73 Å². The second-order valence-corrected chi connectivity index (χ2v) is 17.4. The van der Waals surface area contributed by atoms with Gasteiger partial charge in [-0.15, -0.1) is 0 Å². The van der Waals surface area contributed by atoms with Crippen LogP contribution >= 0.6 is 0 Å². The van der Waals surface area contributed by atoms with Crippen LogP contribution in [0, 0.1) is 0 Å². The number of fused-ring (bicyclic) bond motifs is 6. The zero-order chi connectivity index (χ0) is 45.4. The Morgan fingerprint density at radius 2 is 0.750 bits per heavy atom. The monoisotopic (exact) mass is 870 g/mol. The number of aliphatic imine (C=N–C) groups is 1. The molecule has 4 nitrogen and oxygen atoms in total. The van der Waals surface area contributed by atoms with Gasteiger partial charge in [-0.2, -0.15) is 0 Å². The van der Waals surface area contributed by atoms with Crippen LogP contribution in [0.2, 0.25) is 0 Å². The fraction of sp³-hybridized carbons (Fsp3) is 0.0156. The van der Waals surface area contributed by atoms with E-state index in [2.05, 4.69) is 246 Å². The summed E-state index contributed by atoms with van der Waals surface area (Å²) in [6.07, 6.45) is 2.02. The molecule has 0 radical (unpaired) electrons. The van der Waals surface area contributed by atoms with Crippen molar-refractivity contribution in [1.29, 1.82) is 0 Å². The van der Waals surface area contributed by atoms with Crippen LogP contribution in [0.25, 0.3) is 94.1 Å². The second kappa shape index (κ2) is 17.4. The van der Waals surface area contributed by atoms with Gasteiger partial charge in [0.1, 0.15) is 0 Å². The first-order valence-electron chi connectivity index (χ1n) is 23.2. The van der Waals surface area contributed by atoms with Gasteiger partial charge in [0.15, 0.2) is 0 Å². The summed E-state index contributed by atoms with van der Waals surface area (Å²) in [5, 5.41) is 4.91. The SMILES string of the molecule is N/C(=C\C(=N/Cc1ccc(-c2ccccc2)cc1)c1ccc(-n2c3ccccc3c3cc(-c4ccc5c(c4)c4ccccc4n5-c4ccccc4)ccc32)cc1)c1ccc(-c2ccccc2)cc1. The van der Waals surface area contributed by atoms with Crippen LogP contribution in [0.15, 0.2) is 260 Å². The maximum Gasteiger partial charge on any atom is 0.0671 e. The van der Waals surface area contributed by atoms with Gasteiger partial charge in [-0.05, 0) is 117 Å².